The van der Waals surface area contributed by atoms with E-state index in [4.69, 9.17) is 21.9 Å². The van der Waals surface area contributed by atoms with Gasteiger partial charge in [0.2, 0.25) is 0 Å². The molecule has 1 saturated heterocycles. The molecule has 1 aliphatic heterocycles. The van der Waals surface area contributed by atoms with Crippen LogP contribution >= 0.6 is 24.0 Å². The van der Waals surface area contributed by atoms with Gasteiger partial charge in [0.25, 0.3) is 11.5 Å². The first-order valence-corrected chi connectivity index (χ1v) is 13.7. The summed E-state index contributed by atoms with van der Waals surface area (Å²) in [6, 6.07) is 3.75. The van der Waals surface area contributed by atoms with E-state index in [2.05, 4.69) is 19.2 Å². The normalized spacial score (nSPS) is 16.0. The molecule has 0 aliphatic carbocycles. The smallest absolute Gasteiger partial charge is 0.267 e. The summed E-state index contributed by atoms with van der Waals surface area (Å²) in [5, 5.41) is 3.28. The Hall–Kier alpha value is -2.23. The number of carbonyl (C=O) groups excluding carboxylic acids is 1. The zero-order chi connectivity index (χ0) is 25.4. The second kappa shape index (κ2) is 13.2. The van der Waals surface area contributed by atoms with Crippen molar-refractivity contribution >= 4 is 51.7 Å². The van der Waals surface area contributed by atoms with Crippen LogP contribution in [0.1, 0.15) is 64.0 Å². The summed E-state index contributed by atoms with van der Waals surface area (Å²) in [5.74, 6) is 0.747. The molecule has 0 spiro atoms. The summed E-state index contributed by atoms with van der Waals surface area (Å²) in [4.78, 5) is 33.6. The van der Waals surface area contributed by atoms with Gasteiger partial charge in [0, 0.05) is 32.5 Å². The third kappa shape index (κ3) is 6.92. The van der Waals surface area contributed by atoms with Crippen molar-refractivity contribution in [3.05, 3.63) is 44.7 Å². The number of fused-ring (bicyclic) bond motifs is 1. The first-order valence-electron chi connectivity index (χ1n) is 12.5. The van der Waals surface area contributed by atoms with E-state index >= 15 is 0 Å². The van der Waals surface area contributed by atoms with E-state index in [-0.39, 0.29) is 11.5 Å². The Kier molecular flexibility index (Phi) is 10.3. The molecule has 3 heterocycles. The van der Waals surface area contributed by atoms with Gasteiger partial charge in [-0.15, -0.1) is 0 Å². The molecule has 2 aromatic heterocycles. The summed E-state index contributed by atoms with van der Waals surface area (Å²) in [6.07, 6.45) is 8.55. The average molecular weight is 517 g/mol. The van der Waals surface area contributed by atoms with Gasteiger partial charge in [0.15, 0.2) is 0 Å². The molecule has 1 atom stereocenters. The van der Waals surface area contributed by atoms with Crippen LogP contribution < -0.4 is 10.9 Å². The molecule has 7 nitrogen and oxygen atoms in total. The summed E-state index contributed by atoms with van der Waals surface area (Å²) in [7, 11) is 0. The molecule has 35 heavy (non-hydrogen) atoms. The number of aromatic nitrogens is 2. The van der Waals surface area contributed by atoms with Gasteiger partial charge in [-0.2, -0.15) is 0 Å². The number of anilines is 1. The Morgan fingerprint density at radius 1 is 1.23 bits per heavy atom. The van der Waals surface area contributed by atoms with Gasteiger partial charge in [-0.1, -0.05) is 63.2 Å². The molecule has 1 aliphatic rings. The van der Waals surface area contributed by atoms with Gasteiger partial charge >= 0.3 is 0 Å². The van der Waals surface area contributed by atoms with Crippen LogP contribution in [0.15, 0.2) is 28.0 Å². The Labute approximate surface area is 217 Å². The van der Waals surface area contributed by atoms with Gasteiger partial charge in [-0.05, 0) is 50.3 Å². The minimum atomic E-state index is -0.217. The number of carbonyl (C=O) groups is 1. The van der Waals surface area contributed by atoms with E-state index in [1.165, 1.54) is 16.2 Å². The Balaban J connectivity index is 1.93. The van der Waals surface area contributed by atoms with Crippen LogP contribution in [0.2, 0.25) is 0 Å². The molecule has 0 saturated carbocycles. The highest BCUT2D eigenvalue weighted by molar-refractivity contribution is 8.26. The quantitative estimate of drug-likeness (QED) is 0.221. The lowest BCUT2D eigenvalue weighted by atomic mass is 9.99. The summed E-state index contributed by atoms with van der Waals surface area (Å²) in [6.45, 7) is 10.7. The summed E-state index contributed by atoms with van der Waals surface area (Å²) in [5.41, 5.74) is 1.65. The first kappa shape index (κ1) is 27.4. The third-order valence-corrected chi connectivity index (χ3v) is 7.48. The minimum absolute atomic E-state index is 0.133. The van der Waals surface area contributed by atoms with E-state index in [9.17, 15) is 9.59 Å². The molecule has 1 unspecified atom stereocenters. The second-order valence-corrected chi connectivity index (χ2v) is 10.5. The number of nitrogens with one attached hydrogen (secondary N) is 1. The summed E-state index contributed by atoms with van der Waals surface area (Å²) < 4.78 is 7.49. The van der Waals surface area contributed by atoms with E-state index in [1.807, 2.05) is 26.0 Å². The van der Waals surface area contributed by atoms with Crippen molar-refractivity contribution in [1.82, 2.24) is 14.3 Å². The number of ether oxygens (including phenoxy) is 1. The number of unbranched alkanes of at least 4 members (excludes halogenated alkanes) is 1. The van der Waals surface area contributed by atoms with Crippen LogP contribution in [-0.2, 0) is 9.53 Å². The van der Waals surface area contributed by atoms with E-state index in [1.54, 1.807) is 17.2 Å². The number of thioether (sulfide) groups is 1. The SMILES string of the molecule is CCCCC(CC)CN1C(=O)/C(=C\c2c(NCCCOCC)nc3ccc(C)cn3c2=O)SC1=S. The van der Waals surface area contributed by atoms with Gasteiger partial charge in [-0.25, -0.2) is 4.98 Å². The number of rotatable bonds is 13. The number of pyridine rings is 1. The van der Waals surface area contributed by atoms with Crippen molar-refractivity contribution in [2.75, 3.05) is 31.6 Å². The largest absolute Gasteiger partial charge is 0.382 e. The zero-order valence-electron chi connectivity index (χ0n) is 21.1. The van der Waals surface area contributed by atoms with Crippen LogP contribution in [0.25, 0.3) is 11.7 Å². The lowest BCUT2D eigenvalue weighted by Gasteiger charge is -2.21. The molecule has 3 rings (SSSR count). The number of amides is 1. The van der Waals surface area contributed by atoms with Crippen LogP contribution in [0, 0.1) is 12.8 Å². The van der Waals surface area contributed by atoms with Crippen LogP contribution in [-0.4, -0.2) is 50.8 Å². The van der Waals surface area contributed by atoms with Crippen molar-refractivity contribution in [3.63, 3.8) is 0 Å². The molecule has 0 radical (unpaired) electrons. The van der Waals surface area contributed by atoms with Crippen molar-refractivity contribution in [3.8, 4) is 0 Å². The molecule has 9 heteroatoms. The fourth-order valence-corrected chi connectivity index (χ4v) is 5.27. The maximum Gasteiger partial charge on any atom is 0.267 e. The molecule has 0 aromatic carbocycles. The Morgan fingerprint density at radius 3 is 2.74 bits per heavy atom. The fourth-order valence-electron chi connectivity index (χ4n) is 4.01. The monoisotopic (exact) mass is 516 g/mol. The molecule has 1 amide bonds. The predicted octanol–water partition coefficient (Wildman–Crippen LogP) is 5.26. The Morgan fingerprint density at radius 2 is 2.03 bits per heavy atom. The Bertz CT molecular complexity index is 1150. The number of hydrogen-bond acceptors (Lipinski definition) is 7. The summed E-state index contributed by atoms with van der Waals surface area (Å²) >= 11 is 6.82. The fraction of sp³-hybridized carbons (Fsp3) is 0.538. The lowest BCUT2D eigenvalue weighted by Crippen LogP contribution is -2.33. The minimum Gasteiger partial charge on any atom is -0.382 e. The number of nitrogens with zero attached hydrogens (tertiary/aromatic N) is 3. The predicted molar refractivity (Wildman–Crippen MR) is 149 cm³/mol. The molecule has 2 aromatic rings. The van der Waals surface area contributed by atoms with Crippen molar-refractivity contribution in [1.29, 1.82) is 0 Å². The van der Waals surface area contributed by atoms with E-state index in [0.717, 1.165) is 37.7 Å². The molecular formula is C26H36N4O3S2. The highest BCUT2D eigenvalue weighted by Crippen LogP contribution is 2.34. The average Bonchev–Trinajstić information content (AvgIpc) is 3.11. The van der Waals surface area contributed by atoms with E-state index < -0.39 is 0 Å². The van der Waals surface area contributed by atoms with Crippen LogP contribution in [0.4, 0.5) is 5.82 Å². The standard InChI is InChI=1S/C26H36N4O3S2/c1-5-8-10-19(6-2)17-30-25(32)21(35-26(30)34)15-20-23(27-13-9-14-33-7-3)28-22-12-11-18(4)16-29(22)24(20)31/h11-12,15-16,19,27H,5-10,13-14,17H2,1-4H3/b21-15+. The number of thiocarbonyl (C=S) groups is 1. The number of hydrogen-bond donors (Lipinski definition) is 1. The number of aryl methyl sites for hydroxylation is 1. The third-order valence-electron chi connectivity index (χ3n) is 6.10. The topological polar surface area (TPSA) is 75.9 Å². The highest BCUT2D eigenvalue weighted by atomic mass is 32.2. The molecule has 1 fully saturated rings. The van der Waals surface area contributed by atoms with Gasteiger partial charge in [0.1, 0.15) is 15.8 Å². The zero-order valence-corrected chi connectivity index (χ0v) is 22.8. The van der Waals surface area contributed by atoms with Gasteiger partial charge in [-0.3, -0.25) is 18.9 Å². The molecule has 190 valence electrons. The molecule has 1 N–H and O–H groups in total. The van der Waals surface area contributed by atoms with Crippen molar-refractivity contribution in [2.45, 2.75) is 59.8 Å². The van der Waals surface area contributed by atoms with Crippen LogP contribution in [0.5, 0.6) is 0 Å². The van der Waals surface area contributed by atoms with E-state index in [0.29, 0.717) is 58.5 Å². The van der Waals surface area contributed by atoms with Crippen molar-refractivity contribution < 1.29 is 9.53 Å². The van der Waals surface area contributed by atoms with Crippen molar-refractivity contribution in [2.24, 2.45) is 5.92 Å². The highest BCUT2D eigenvalue weighted by Gasteiger charge is 2.33. The maximum atomic E-state index is 13.5. The second-order valence-electron chi connectivity index (χ2n) is 8.80. The van der Waals surface area contributed by atoms with Gasteiger partial charge in [0.05, 0.1) is 10.5 Å². The molecular weight excluding hydrogens is 480 g/mol. The van der Waals surface area contributed by atoms with Gasteiger partial charge < -0.3 is 10.1 Å². The molecule has 0 bridgehead atoms. The first-order chi connectivity index (χ1) is 16.9. The lowest BCUT2D eigenvalue weighted by molar-refractivity contribution is -0.122. The van der Waals surface area contributed by atoms with Crippen LogP contribution in [0.3, 0.4) is 0 Å². The maximum absolute atomic E-state index is 13.5.